The second-order valence-corrected chi connectivity index (χ2v) is 8.34. The molecule has 12 nitrogen and oxygen atoms in total. The van der Waals surface area contributed by atoms with Gasteiger partial charge in [0.05, 0.1) is 19.2 Å². The fraction of sp³-hybridized carbons (Fsp3) is 0.160. The average Bonchev–Trinajstić information content (AvgIpc) is 2.94. The third kappa shape index (κ3) is 7.33. The topological polar surface area (TPSA) is 178 Å². The van der Waals surface area contributed by atoms with E-state index in [1.165, 1.54) is 38.6 Å². The maximum Gasteiger partial charge on any atom is 0.491 e. The van der Waals surface area contributed by atoms with Crippen LogP contribution in [-0.2, 0) is 14.3 Å². The van der Waals surface area contributed by atoms with Gasteiger partial charge in [-0.05, 0) is 42.5 Å². The molecule has 16 heteroatoms. The summed E-state index contributed by atoms with van der Waals surface area (Å²) in [6, 6.07) is 10.2. The van der Waals surface area contributed by atoms with Crippen molar-refractivity contribution in [3.05, 3.63) is 76.4 Å². The number of carbonyl (C=O) groups is 3. The van der Waals surface area contributed by atoms with Crippen LogP contribution in [0.4, 0.5) is 24.7 Å². The Hall–Kier alpha value is -5.05. The van der Waals surface area contributed by atoms with E-state index in [1.807, 2.05) is 0 Å². The first-order valence-corrected chi connectivity index (χ1v) is 11.7. The SMILES string of the molecule is COc1ccc(C(Nc2ccc(C(=N)N)cc2)C(=O)NNc2ncccc2C(=O)OC(=O)C(F)(F)F)c(Cl)c1OC. The highest BCUT2D eigenvalue weighted by Crippen LogP contribution is 2.40. The Kier molecular flexibility index (Phi) is 9.57. The number of carbonyl (C=O) groups excluding carboxylic acids is 3. The number of halogens is 4. The molecule has 6 N–H and O–H groups in total. The standard InChI is InChI=1S/C25H22ClF3N6O6/c1-39-16-10-9-14(17(26)19(16)40-2)18(33-13-7-5-12(6-8-13)20(30)31)22(36)35-34-21-15(4-3-11-32-21)23(37)41-24(38)25(27,28)29/h3-11,18,33H,1-2H3,(H3,30,31)(H,32,34)(H,35,36). The Bertz CT molecular complexity index is 1470. The fourth-order valence-electron chi connectivity index (χ4n) is 3.38. The van der Waals surface area contributed by atoms with Gasteiger partial charge in [-0.15, -0.1) is 0 Å². The number of nitrogen functional groups attached to an aromatic ring is 1. The number of hydrazine groups is 1. The minimum absolute atomic E-state index is 0.0209. The normalized spacial score (nSPS) is 11.6. The number of nitrogens with one attached hydrogen (secondary N) is 4. The van der Waals surface area contributed by atoms with Gasteiger partial charge in [0.15, 0.2) is 17.3 Å². The zero-order valence-corrected chi connectivity index (χ0v) is 22.0. The van der Waals surface area contributed by atoms with Crippen molar-refractivity contribution in [2.45, 2.75) is 12.2 Å². The van der Waals surface area contributed by atoms with Gasteiger partial charge in [0, 0.05) is 23.0 Å². The fourth-order valence-corrected chi connectivity index (χ4v) is 3.73. The lowest BCUT2D eigenvalue weighted by molar-refractivity contribution is -0.193. The number of anilines is 2. The molecule has 1 aromatic heterocycles. The Labute approximate surface area is 235 Å². The van der Waals surface area contributed by atoms with Gasteiger partial charge in [-0.25, -0.2) is 14.6 Å². The number of nitrogens with zero attached hydrogens (tertiary/aromatic N) is 1. The Morgan fingerprint density at radius 3 is 2.32 bits per heavy atom. The van der Waals surface area contributed by atoms with E-state index < -0.39 is 41.4 Å². The number of ether oxygens (including phenoxy) is 3. The number of rotatable bonds is 10. The number of hydrogen-bond acceptors (Lipinski definition) is 10. The van der Waals surface area contributed by atoms with Crippen molar-refractivity contribution < 1.29 is 41.8 Å². The molecular formula is C25H22ClF3N6O6. The summed E-state index contributed by atoms with van der Waals surface area (Å²) in [7, 11) is 2.75. The van der Waals surface area contributed by atoms with Gasteiger partial charge in [0.1, 0.15) is 17.4 Å². The molecule has 1 unspecified atom stereocenters. The van der Waals surface area contributed by atoms with E-state index in [9.17, 15) is 27.6 Å². The predicted molar refractivity (Wildman–Crippen MR) is 141 cm³/mol. The number of nitrogens with two attached hydrogens (primary N) is 1. The molecule has 0 bridgehead atoms. The Morgan fingerprint density at radius 1 is 1.05 bits per heavy atom. The molecule has 3 aromatic rings. The lowest BCUT2D eigenvalue weighted by Crippen LogP contribution is -2.38. The van der Waals surface area contributed by atoms with Crippen LogP contribution in [0.3, 0.4) is 0 Å². The van der Waals surface area contributed by atoms with E-state index in [0.29, 0.717) is 11.3 Å². The van der Waals surface area contributed by atoms with E-state index in [0.717, 1.165) is 6.07 Å². The molecule has 0 radical (unpaired) electrons. The summed E-state index contributed by atoms with van der Waals surface area (Å²) in [6.07, 6.45) is -4.23. The first-order chi connectivity index (χ1) is 19.4. The number of esters is 2. The summed E-state index contributed by atoms with van der Waals surface area (Å²) in [4.78, 5) is 40.5. The van der Waals surface area contributed by atoms with Gasteiger partial charge in [-0.1, -0.05) is 17.7 Å². The first-order valence-electron chi connectivity index (χ1n) is 11.3. The highest BCUT2D eigenvalue weighted by atomic mass is 35.5. The Balaban J connectivity index is 1.92. The quantitative estimate of drug-likeness (QED) is 0.0766. The van der Waals surface area contributed by atoms with Gasteiger partial charge < -0.3 is 25.3 Å². The first kappa shape index (κ1) is 30.5. The lowest BCUT2D eigenvalue weighted by Gasteiger charge is -2.23. The van der Waals surface area contributed by atoms with Crippen LogP contribution in [0, 0.1) is 5.41 Å². The number of amidine groups is 1. The summed E-state index contributed by atoms with van der Waals surface area (Å²) in [5, 5.41) is 10.5. The number of benzene rings is 2. The van der Waals surface area contributed by atoms with Crippen molar-refractivity contribution in [2.24, 2.45) is 5.73 Å². The van der Waals surface area contributed by atoms with Crippen molar-refractivity contribution in [2.75, 3.05) is 25.0 Å². The average molecular weight is 595 g/mol. The third-order valence-electron chi connectivity index (χ3n) is 5.34. The zero-order chi connectivity index (χ0) is 30.3. The molecule has 0 fully saturated rings. The van der Waals surface area contributed by atoms with Crippen molar-refractivity contribution in [1.82, 2.24) is 10.4 Å². The molecule has 0 aliphatic heterocycles. The molecule has 1 heterocycles. The minimum atomic E-state index is -5.40. The highest BCUT2D eigenvalue weighted by Gasteiger charge is 2.43. The number of aromatic nitrogens is 1. The third-order valence-corrected chi connectivity index (χ3v) is 5.73. The minimum Gasteiger partial charge on any atom is -0.493 e. The number of pyridine rings is 1. The molecular weight excluding hydrogens is 573 g/mol. The van der Waals surface area contributed by atoms with Crippen molar-refractivity contribution in [3.63, 3.8) is 0 Å². The second-order valence-electron chi connectivity index (χ2n) is 7.96. The van der Waals surface area contributed by atoms with Gasteiger partial charge >= 0.3 is 18.1 Å². The van der Waals surface area contributed by atoms with E-state index in [2.05, 4.69) is 25.9 Å². The largest absolute Gasteiger partial charge is 0.493 e. The van der Waals surface area contributed by atoms with Crippen LogP contribution in [0.15, 0.2) is 54.7 Å². The van der Waals surface area contributed by atoms with Crippen LogP contribution in [0.25, 0.3) is 0 Å². The molecule has 0 saturated heterocycles. The molecule has 0 saturated carbocycles. The van der Waals surface area contributed by atoms with E-state index in [1.54, 1.807) is 24.3 Å². The van der Waals surface area contributed by atoms with Crippen LogP contribution in [0.2, 0.25) is 5.02 Å². The van der Waals surface area contributed by atoms with Crippen LogP contribution in [0.1, 0.15) is 27.5 Å². The summed E-state index contributed by atoms with van der Waals surface area (Å²) in [5.74, 6) is -5.33. The number of hydrogen-bond donors (Lipinski definition) is 5. The van der Waals surface area contributed by atoms with Crippen LogP contribution in [0.5, 0.6) is 11.5 Å². The molecule has 41 heavy (non-hydrogen) atoms. The van der Waals surface area contributed by atoms with Crippen LogP contribution >= 0.6 is 11.6 Å². The molecule has 0 aliphatic rings. The zero-order valence-electron chi connectivity index (χ0n) is 21.3. The van der Waals surface area contributed by atoms with E-state index in [-0.39, 0.29) is 27.9 Å². The van der Waals surface area contributed by atoms with E-state index >= 15 is 0 Å². The van der Waals surface area contributed by atoms with Gasteiger partial charge in [-0.2, -0.15) is 13.2 Å². The smallest absolute Gasteiger partial charge is 0.491 e. The summed E-state index contributed by atoms with van der Waals surface area (Å²) >= 11 is 6.55. The van der Waals surface area contributed by atoms with Crippen molar-refractivity contribution in [3.8, 4) is 11.5 Å². The van der Waals surface area contributed by atoms with E-state index in [4.69, 9.17) is 32.2 Å². The van der Waals surface area contributed by atoms with Gasteiger partial charge in [0.25, 0.3) is 5.91 Å². The molecule has 3 rings (SSSR count). The second kappa shape index (κ2) is 12.9. The molecule has 0 spiro atoms. The number of methoxy groups -OCH3 is 2. The summed E-state index contributed by atoms with van der Waals surface area (Å²) < 4.78 is 52.0. The highest BCUT2D eigenvalue weighted by molar-refractivity contribution is 6.33. The van der Waals surface area contributed by atoms with Crippen molar-refractivity contribution >= 4 is 46.8 Å². The van der Waals surface area contributed by atoms with Gasteiger partial charge in [0.2, 0.25) is 0 Å². The lowest BCUT2D eigenvalue weighted by atomic mass is 10.0. The van der Waals surface area contributed by atoms with Crippen molar-refractivity contribution in [1.29, 1.82) is 5.41 Å². The monoisotopic (exact) mass is 594 g/mol. The molecule has 1 atom stereocenters. The van der Waals surface area contributed by atoms with Gasteiger partial charge in [-0.3, -0.25) is 21.1 Å². The molecule has 216 valence electrons. The number of amides is 1. The number of alkyl halides is 3. The maximum atomic E-state index is 13.4. The molecule has 2 aromatic carbocycles. The molecule has 0 aliphatic carbocycles. The predicted octanol–water partition coefficient (Wildman–Crippen LogP) is 3.58. The Morgan fingerprint density at radius 2 is 1.73 bits per heavy atom. The van der Waals surface area contributed by atoms with Crippen LogP contribution in [-0.4, -0.2) is 49.1 Å². The molecule has 1 amide bonds. The van der Waals surface area contributed by atoms with Crippen LogP contribution < -0.4 is 31.4 Å². The summed E-state index contributed by atoms with van der Waals surface area (Å²) in [6.45, 7) is 0. The maximum absolute atomic E-state index is 13.4. The summed E-state index contributed by atoms with van der Waals surface area (Å²) in [5.41, 5.74) is 10.6.